The van der Waals surface area contributed by atoms with Crippen molar-refractivity contribution in [3.8, 4) is 11.1 Å². The minimum absolute atomic E-state index is 0.501. The molecule has 0 aromatic heterocycles. The van der Waals surface area contributed by atoms with E-state index >= 15 is 0 Å². The van der Waals surface area contributed by atoms with E-state index in [0.29, 0.717) is 4.48 Å². The summed E-state index contributed by atoms with van der Waals surface area (Å²) in [6, 6.07) is 53.1. The lowest BCUT2D eigenvalue weighted by molar-refractivity contribution is 0.703. The van der Waals surface area contributed by atoms with E-state index in [2.05, 4.69) is 179 Å². The van der Waals surface area contributed by atoms with Crippen LogP contribution < -0.4 is 9.80 Å². The van der Waals surface area contributed by atoms with E-state index in [0.717, 1.165) is 11.4 Å². The van der Waals surface area contributed by atoms with Crippen molar-refractivity contribution in [2.45, 2.75) is 27.7 Å². The van der Waals surface area contributed by atoms with E-state index in [4.69, 9.17) is 0 Å². The summed E-state index contributed by atoms with van der Waals surface area (Å²) in [5, 5.41) is 3.50. The molecule has 6 aromatic carbocycles. The molecule has 0 spiro atoms. The molecule has 2 heteroatoms. The van der Waals surface area contributed by atoms with Gasteiger partial charge in [0.05, 0.1) is 0 Å². The third kappa shape index (κ3) is 5.37. The Balaban J connectivity index is 1.43. The predicted octanol–water partition coefficient (Wildman–Crippen LogP) is 11.6. The molecule has 0 radical (unpaired) electrons. The largest absolute Gasteiger partial charge is 0.356 e. The monoisotopic (exact) mass is 545 g/mol. The van der Waals surface area contributed by atoms with Crippen LogP contribution in [0.3, 0.4) is 0 Å². The van der Waals surface area contributed by atoms with Crippen LogP contribution in [0, 0.1) is 27.7 Å². The summed E-state index contributed by atoms with van der Waals surface area (Å²) < 4.78 is 0.501. The maximum atomic E-state index is 3.50. The number of hydrogen-bond acceptors (Lipinski definition) is 1. The molecule has 206 valence electrons. The average Bonchev–Trinajstić information content (AvgIpc) is 3.02. The zero-order chi connectivity index (χ0) is 29.1. The van der Waals surface area contributed by atoms with Gasteiger partial charge >= 0.3 is 0 Å². The molecule has 0 amide bonds. The molecular weight excluding hydrogens is 508 g/mol. The Morgan fingerprint density at radius 3 is 0.881 bits per heavy atom. The van der Waals surface area contributed by atoms with E-state index < -0.39 is 0 Å². The molecule has 42 heavy (non-hydrogen) atoms. The van der Waals surface area contributed by atoms with Gasteiger partial charge in [-0.05, 0) is 75.2 Å². The van der Waals surface area contributed by atoms with Crippen molar-refractivity contribution >= 4 is 34.1 Å². The summed E-state index contributed by atoms with van der Waals surface area (Å²) in [4.78, 5) is 0. The van der Waals surface area contributed by atoms with Gasteiger partial charge in [-0.3, -0.25) is 0 Å². The standard InChI is InChI=1S/C40H37N2/c1-29-5-17-35(18-6-29)41-36-19-13-33(14-20-36)34-15-27-40(28-16-34)42(37-21-7-30(2)8-22-37,38-23-9-31(3)10-24-38)39-25-11-32(4)12-26-39/h5-28,41H,1-4H3/q+1. The Hall–Kier alpha value is -4.92. The number of quaternary nitrogens is 1. The molecule has 6 rings (SSSR count). The van der Waals surface area contributed by atoms with Gasteiger partial charge in [-0.25, -0.2) is 0 Å². The van der Waals surface area contributed by atoms with Crippen LogP contribution >= 0.6 is 0 Å². The van der Waals surface area contributed by atoms with Gasteiger partial charge in [0.25, 0.3) is 0 Å². The van der Waals surface area contributed by atoms with Crippen LogP contribution in [0.25, 0.3) is 11.1 Å². The van der Waals surface area contributed by atoms with Crippen LogP contribution in [0.2, 0.25) is 0 Å². The van der Waals surface area contributed by atoms with Crippen molar-refractivity contribution in [1.82, 2.24) is 4.48 Å². The Labute approximate surface area is 250 Å². The topological polar surface area (TPSA) is 12.0 Å². The first kappa shape index (κ1) is 27.3. The van der Waals surface area contributed by atoms with Gasteiger partial charge in [-0.2, -0.15) is 4.48 Å². The minimum Gasteiger partial charge on any atom is -0.356 e. The average molecular weight is 546 g/mol. The lowest BCUT2D eigenvalue weighted by atomic mass is 10.0. The smallest absolute Gasteiger partial charge is 0.148 e. The van der Waals surface area contributed by atoms with E-state index in [1.807, 2.05) is 0 Å². The zero-order valence-electron chi connectivity index (χ0n) is 24.8. The van der Waals surface area contributed by atoms with Crippen molar-refractivity contribution < 1.29 is 0 Å². The Morgan fingerprint density at radius 2 is 0.548 bits per heavy atom. The second kappa shape index (κ2) is 11.5. The number of nitrogens with one attached hydrogen (secondary N) is 1. The molecule has 0 bridgehead atoms. The highest BCUT2D eigenvalue weighted by molar-refractivity contribution is 5.83. The summed E-state index contributed by atoms with van der Waals surface area (Å²) in [7, 11) is 0. The van der Waals surface area contributed by atoms with Gasteiger partial charge in [0.2, 0.25) is 0 Å². The molecule has 1 N–H and O–H groups in total. The molecule has 2 nitrogen and oxygen atoms in total. The van der Waals surface area contributed by atoms with Gasteiger partial charge in [0, 0.05) is 59.9 Å². The van der Waals surface area contributed by atoms with Gasteiger partial charge in [0.15, 0.2) is 0 Å². The molecule has 0 heterocycles. The third-order valence-corrected chi connectivity index (χ3v) is 8.08. The van der Waals surface area contributed by atoms with Crippen LogP contribution in [-0.2, 0) is 0 Å². The summed E-state index contributed by atoms with van der Waals surface area (Å²) in [5.41, 5.74) is 14.4. The minimum atomic E-state index is 0.501. The third-order valence-electron chi connectivity index (χ3n) is 8.08. The van der Waals surface area contributed by atoms with Gasteiger partial charge < -0.3 is 5.32 Å². The molecule has 0 aliphatic heterocycles. The van der Waals surface area contributed by atoms with E-state index in [9.17, 15) is 0 Å². The van der Waals surface area contributed by atoms with Crippen molar-refractivity contribution in [3.05, 3.63) is 168 Å². The van der Waals surface area contributed by atoms with Crippen LogP contribution in [0.4, 0.5) is 34.1 Å². The summed E-state index contributed by atoms with van der Waals surface area (Å²) in [6.07, 6.45) is 0. The first-order chi connectivity index (χ1) is 20.4. The van der Waals surface area contributed by atoms with Crippen LogP contribution in [0.1, 0.15) is 22.3 Å². The summed E-state index contributed by atoms with van der Waals surface area (Å²) in [6.45, 7) is 8.54. The quantitative estimate of drug-likeness (QED) is 0.197. The predicted molar refractivity (Wildman–Crippen MR) is 181 cm³/mol. The normalized spacial score (nSPS) is 11.3. The number of nitrogens with zero attached hydrogens (tertiary/aromatic N) is 1. The van der Waals surface area contributed by atoms with Crippen LogP contribution in [-0.4, -0.2) is 0 Å². The first-order valence-corrected chi connectivity index (χ1v) is 14.6. The zero-order valence-corrected chi connectivity index (χ0v) is 24.8. The van der Waals surface area contributed by atoms with E-state index in [-0.39, 0.29) is 0 Å². The summed E-state index contributed by atoms with van der Waals surface area (Å²) >= 11 is 0. The second-order valence-electron chi connectivity index (χ2n) is 11.3. The van der Waals surface area contributed by atoms with E-state index in [1.165, 1.54) is 56.1 Å². The lowest BCUT2D eigenvalue weighted by Crippen LogP contribution is -2.33. The number of aryl methyl sites for hydroxylation is 4. The molecule has 0 aliphatic carbocycles. The van der Waals surface area contributed by atoms with Crippen molar-refractivity contribution in [2.24, 2.45) is 0 Å². The molecule has 0 saturated carbocycles. The number of benzene rings is 6. The maximum Gasteiger partial charge on any atom is 0.148 e. The Bertz CT molecular complexity index is 1650. The lowest BCUT2D eigenvalue weighted by Gasteiger charge is -2.37. The fourth-order valence-electron chi connectivity index (χ4n) is 5.63. The number of hydrogen-bond donors (Lipinski definition) is 1. The molecule has 0 saturated heterocycles. The van der Waals surface area contributed by atoms with Crippen molar-refractivity contribution in [1.29, 1.82) is 0 Å². The first-order valence-electron chi connectivity index (χ1n) is 14.6. The van der Waals surface area contributed by atoms with Crippen molar-refractivity contribution in [2.75, 3.05) is 5.32 Å². The Morgan fingerprint density at radius 1 is 0.310 bits per heavy atom. The molecule has 6 aromatic rings. The van der Waals surface area contributed by atoms with Gasteiger partial charge in [0.1, 0.15) is 22.7 Å². The highest BCUT2D eigenvalue weighted by Gasteiger charge is 2.39. The molecule has 0 aliphatic rings. The summed E-state index contributed by atoms with van der Waals surface area (Å²) in [5.74, 6) is 0. The fourth-order valence-corrected chi connectivity index (χ4v) is 5.63. The molecule has 0 unspecified atom stereocenters. The van der Waals surface area contributed by atoms with Gasteiger partial charge in [-0.1, -0.05) is 82.9 Å². The molecule has 0 atom stereocenters. The highest BCUT2D eigenvalue weighted by Crippen LogP contribution is 2.51. The number of anilines is 2. The number of rotatable bonds is 7. The maximum absolute atomic E-state index is 3.50. The van der Waals surface area contributed by atoms with Gasteiger partial charge in [-0.15, -0.1) is 0 Å². The fraction of sp³-hybridized carbons (Fsp3) is 0.100. The second-order valence-corrected chi connectivity index (χ2v) is 11.3. The molecule has 0 fully saturated rings. The van der Waals surface area contributed by atoms with Crippen LogP contribution in [0.5, 0.6) is 0 Å². The van der Waals surface area contributed by atoms with Crippen LogP contribution in [0.15, 0.2) is 146 Å². The highest BCUT2D eigenvalue weighted by atomic mass is 15.4. The Kier molecular flexibility index (Phi) is 7.48. The molecular formula is C40H37N2+. The van der Waals surface area contributed by atoms with E-state index in [1.54, 1.807) is 0 Å². The SMILES string of the molecule is Cc1ccc(Nc2ccc(-c3ccc([N+](c4ccc(C)cc4)(c4ccc(C)cc4)c4ccc(C)cc4)cc3)cc2)cc1. The van der Waals surface area contributed by atoms with Crippen molar-refractivity contribution in [3.63, 3.8) is 0 Å².